The van der Waals surface area contributed by atoms with Gasteiger partial charge in [0.25, 0.3) is 0 Å². The molecule has 1 aromatic carbocycles. The third-order valence-corrected chi connectivity index (χ3v) is 3.18. The fraction of sp³-hybridized carbons (Fsp3) is 0.562. The zero-order valence-corrected chi connectivity index (χ0v) is 13.1. The van der Waals surface area contributed by atoms with Crippen LogP contribution >= 0.6 is 0 Å². The molecule has 2 atom stereocenters. The molecule has 0 aromatic heterocycles. The van der Waals surface area contributed by atoms with Crippen LogP contribution in [0, 0.1) is 11.7 Å². The number of carbonyl (C=O) groups excluding carboxylic acids is 1. The quantitative estimate of drug-likeness (QED) is 0.786. The van der Waals surface area contributed by atoms with E-state index in [9.17, 15) is 9.18 Å². The van der Waals surface area contributed by atoms with E-state index in [0.717, 1.165) is 12.0 Å². The summed E-state index contributed by atoms with van der Waals surface area (Å²) in [4.78, 5) is 11.6. The van der Waals surface area contributed by atoms with E-state index in [4.69, 9.17) is 15.2 Å². The van der Waals surface area contributed by atoms with Crippen molar-refractivity contribution in [2.24, 2.45) is 11.7 Å². The zero-order chi connectivity index (χ0) is 16.0. The molecule has 0 heterocycles. The molecule has 2 N–H and O–H groups in total. The highest BCUT2D eigenvalue weighted by atomic mass is 19.1. The lowest BCUT2D eigenvalue weighted by Crippen LogP contribution is -2.38. The molecule has 0 aliphatic carbocycles. The lowest BCUT2D eigenvalue weighted by molar-refractivity contribution is -0.148. The molecule has 21 heavy (non-hydrogen) atoms. The smallest absolute Gasteiger partial charge is 0.323 e. The van der Waals surface area contributed by atoms with Crippen molar-refractivity contribution in [1.82, 2.24) is 0 Å². The van der Waals surface area contributed by atoms with Gasteiger partial charge in [-0.1, -0.05) is 26.8 Å². The Hall–Kier alpha value is -1.62. The number of ether oxygens (including phenoxy) is 2. The topological polar surface area (TPSA) is 61.5 Å². The monoisotopic (exact) mass is 297 g/mol. The minimum atomic E-state index is -0.655. The van der Waals surface area contributed by atoms with E-state index >= 15 is 0 Å². The van der Waals surface area contributed by atoms with E-state index in [1.165, 1.54) is 6.07 Å². The van der Waals surface area contributed by atoms with Gasteiger partial charge in [-0.25, -0.2) is 4.39 Å². The van der Waals surface area contributed by atoms with Gasteiger partial charge in [-0.3, -0.25) is 4.79 Å². The fourth-order valence-electron chi connectivity index (χ4n) is 1.68. The third kappa shape index (κ3) is 5.34. The van der Waals surface area contributed by atoms with Crippen molar-refractivity contribution in [3.8, 4) is 5.75 Å². The summed E-state index contributed by atoms with van der Waals surface area (Å²) in [5.41, 5.74) is 6.58. The summed E-state index contributed by atoms with van der Waals surface area (Å²) < 4.78 is 24.3. The van der Waals surface area contributed by atoms with E-state index in [0.29, 0.717) is 0 Å². The minimum Gasteiger partial charge on any atom is -0.484 e. The Labute approximate surface area is 125 Å². The first-order valence-corrected chi connectivity index (χ1v) is 7.22. The Morgan fingerprint density at radius 2 is 2.00 bits per heavy atom. The summed E-state index contributed by atoms with van der Waals surface area (Å²) in [7, 11) is 0. The Balaban J connectivity index is 2.50. The van der Waals surface area contributed by atoms with Crippen molar-refractivity contribution in [2.45, 2.75) is 46.3 Å². The van der Waals surface area contributed by atoms with Crippen molar-refractivity contribution < 1.29 is 18.7 Å². The zero-order valence-electron chi connectivity index (χ0n) is 13.1. The van der Waals surface area contributed by atoms with E-state index in [2.05, 4.69) is 0 Å². The average molecular weight is 297 g/mol. The first-order chi connectivity index (χ1) is 9.85. The lowest BCUT2D eigenvalue weighted by atomic mass is 10.1. The van der Waals surface area contributed by atoms with Gasteiger partial charge in [0.15, 0.2) is 11.6 Å². The molecule has 4 nitrogen and oxygen atoms in total. The summed E-state index contributed by atoms with van der Waals surface area (Å²) in [5.74, 6) is -0.717. The molecular formula is C16H24FNO3. The number of rotatable bonds is 7. The second-order valence-corrected chi connectivity index (χ2v) is 5.45. The molecule has 0 fully saturated rings. The van der Waals surface area contributed by atoms with Gasteiger partial charge in [0.2, 0.25) is 0 Å². The molecule has 0 radical (unpaired) electrons. The summed E-state index contributed by atoms with van der Waals surface area (Å²) in [5, 5.41) is 0. The maximum absolute atomic E-state index is 13.8. The van der Waals surface area contributed by atoms with Crippen molar-refractivity contribution in [1.29, 1.82) is 0 Å². The molecule has 5 heteroatoms. The van der Waals surface area contributed by atoms with Crippen LogP contribution in [0.1, 0.15) is 33.3 Å². The van der Waals surface area contributed by atoms with Gasteiger partial charge >= 0.3 is 5.97 Å². The summed E-state index contributed by atoms with van der Waals surface area (Å²) in [6.45, 7) is 7.39. The highest BCUT2D eigenvalue weighted by Crippen LogP contribution is 2.20. The van der Waals surface area contributed by atoms with Crippen molar-refractivity contribution in [2.75, 3.05) is 6.61 Å². The van der Waals surface area contributed by atoms with Crippen molar-refractivity contribution in [3.63, 3.8) is 0 Å². The van der Waals surface area contributed by atoms with Crippen molar-refractivity contribution >= 4 is 5.97 Å². The number of aryl methyl sites for hydroxylation is 1. The van der Waals surface area contributed by atoms with E-state index in [1.807, 2.05) is 26.8 Å². The van der Waals surface area contributed by atoms with Gasteiger partial charge in [0.05, 0.1) is 0 Å². The lowest BCUT2D eigenvalue weighted by Gasteiger charge is -2.18. The number of nitrogens with two attached hydrogens (primary N) is 1. The molecule has 1 aromatic rings. The van der Waals surface area contributed by atoms with E-state index in [-0.39, 0.29) is 18.3 Å². The second kappa shape index (κ2) is 7.98. The standard InChI is InChI=1S/C16H24FNO3/c1-5-12-6-7-14(13(17)8-12)21-11(4)9-20-16(19)15(18)10(2)3/h6-8,10-11,15H,5,9,18H2,1-4H3/t11-,15+/m1/s1. The highest BCUT2D eigenvalue weighted by Gasteiger charge is 2.20. The predicted molar refractivity (Wildman–Crippen MR) is 79.6 cm³/mol. The van der Waals surface area contributed by atoms with Crippen LogP contribution < -0.4 is 10.5 Å². The molecule has 118 valence electrons. The predicted octanol–water partition coefficient (Wildman–Crippen LogP) is 2.68. The van der Waals surface area contributed by atoms with Gasteiger partial charge < -0.3 is 15.2 Å². The maximum Gasteiger partial charge on any atom is 0.323 e. The third-order valence-electron chi connectivity index (χ3n) is 3.18. The van der Waals surface area contributed by atoms with E-state index < -0.39 is 23.9 Å². The number of carbonyl (C=O) groups is 1. The first-order valence-electron chi connectivity index (χ1n) is 7.22. The molecule has 0 unspecified atom stereocenters. The molecular weight excluding hydrogens is 273 g/mol. The summed E-state index contributed by atoms with van der Waals surface area (Å²) in [6.07, 6.45) is 0.313. The van der Waals surface area contributed by atoms with Crippen LogP contribution in [0.4, 0.5) is 4.39 Å². The Morgan fingerprint density at radius 3 is 2.52 bits per heavy atom. The molecule has 1 rings (SSSR count). The molecule has 0 aliphatic rings. The summed E-state index contributed by atoms with van der Waals surface area (Å²) >= 11 is 0. The van der Waals surface area contributed by atoms with Crippen LogP contribution in [-0.2, 0) is 16.0 Å². The van der Waals surface area contributed by atoms with Gasteiger partial charge in [-0.05, 0) is 37.0 Å². The number of benzene rings is 1. The Kier molecular flexibility index (Phi) is 6.62. The molecule has 0 saturated carbocycles. The van der Waals surface area contributed by atoms with Crippen LogP contribution in [0.5, 0.6) is 5.75 Å². The van der Waals surface area contributed by atoms with Crippen LogP contribution in [0.3, 0.4) is 0 Å². The molecule has 0 aliphatic heterocycles. The largest absolute Gasteiger partial charge is 0.484 e. The Bertz CT molecular complexity index is 477. The van der Waals surface area contributed by atoms with E-state index in [1.54, 1.807) is 13.0 Å². The first kappa shape index (κ1) is 17.4. The Morgan fingerprint density at radius 1 is 1.33 bits per heavy atom. The van der Waals surface area contributed by atoms with Crippen LogP contribution in [0.2, 0.25) is 0 Å². The van der Waals surface area contributed by atoms with Gasteiger partial charge in [0, 0.05) is 0 Å². The second-order valence-electron chi connectivity index (χ2n) is 5.45. The van der Waals surface area contributed by atoms with Gasteiger partial charge in [-0.15, -0.1) is 0 Å². The molecule has 0 amide bonds. The molecule has 0 saturated heterocycles. The number of hydrogen-bond donors (Lipinski definition) is 1. The number of hydrogen-bond acceptors (Lipinski definition) is 4. The normalized spacial score (nSPS) is 13.9. The summed E-state index contributed by atoms with van der Waals surface area (Å²) in [6, 6.07) is 4.19. The van der Waals surface area contributed by atoms with Gasteiger partial charge in [0.1, 0.15) is 18.8 Å². The maximum atomic E-state index is 13.8. The minimum absolute atomic E-state index is 0.00718. The molecule has 0 spiro atoms. The van der Waals surface area contributed by atoms with Crippen LogP contribution in [0.25, 0.3) is 0 Å². The van der Waals surface area contributed by atoms with Gasteiger partial charge in [-0.2, -0.15) is 0 Å². The van der Waals surface area contributed by atoms with Crippen molar-refractivity contribution in [3.05, 3.63) is 29.6 Å². The fourth-order valence-corrected chi connectivity index (χ4v) is 1.68. The van der Waals surface area contributed by atoms with Crippen LogP contribution in [0.15, 0.2) is 18.2 Å². The number of halogens is 1. The average Bonchev–Trinajstić information content (AvgIpc) is 2.45. The van der Waals surface area contributed by atoms with Crippen LogP contribution in [-0.4, -0.2) is 24.7 Å². The molecule has 0 bridgehead atoms. The number of esters is 1. The highest BCUT2D eigenvalue weighted by molar-refractivity contribution is 5.75. The SMILES string of the molecule is CCc1ccc(O[C@H](C)COC(=O)[C@@H](N)C(C)C)c(F)c1.